The predicted molar refractivity (Wildman–Crippen MR) is 95.4 cm³/mol. The van der Waals surface area contributed by atoms with Crippen LogP contribution in [0.2, 0.25) is 0 Å². The van der Waals surface area contributed by atoms with Crippen molar-refractivity contribution in [2.75, 3.05) is 0 Å². The van der Waals surface area contributed by atoms with Gasteiger partial charge >= 0.3 is 5.97 Å². The molecule has 0 aliphatic heterocycles. The van der Waals surface area contributed by atoms with E-state index >= 15 is 0 Å². The van der Waals surface area contributed by atoms with E-state index in [1.807, 2.05) is 18.2 Å². The lowest BCUT2D eigenvalue weighted by atomic mass is 10.1. The molecule has 0 fully saturated rings. The number of ketones is 1. The van der Waals surface area contributed by atoms with E-state index in [2.05, 4.69) is 4.98 Å². The van der Waals surface area contributed by atoms with Crippen molar-refractivity contribution in [1.82, 2.24) is 4.98 Å². The molecule has 0 saturated carbocycles. The highest BCUT2D eigenvalue weighted by Gasteiger charge is 2.08. The second kappa shape index (κ2) is 7.84. The highest BCUT2D eigenvalue weighted by atomic mass is 16.5. The third-order valence-corrected chi connectivity index (χ3v) is 3.47. The molecule has 0 amide bonds. The van der Waals surface area contributed by atoms with Crippen LogP contribution in [0.5, 0.6) is 5.75 Å². The number of pyridine rings is 1. The van der Waals surface area contributed by atoms with Crippen molar-refractivity contribution >= 4 is 17.8 Å². The first-order valence-electron chi connectivity index (χ1n) is 7.72. The largest absolute Gasteiger partial charge is 0.423 e. The summed E-state index contributed by atoms with van der Waals surface area (Å²) in [5.74, 6) is -0.0938. The van der Waals surface area contributed by atoms with E-state index in [-0.39, 0.29) is 5.78 Å². The smallest absolute Gasteiger partial charge is 0.345 e. The minimum atomic E-state index is -0.462. The van der Waals surface area contributed by atoms with Gasteiger partial charge in [-0.05, 0) is 35.9 Å². The Morgan fingerprint density at radius 1 is 0.840 bits per heavy atom. The molecule has 0 bridgehead atoms. The fourth-order valence-electron chi connectivity index (χ4n) is 2.17. The average Bonchev–Trinajstić information content (AvgIpc) is 2.68. The third kappa shape index (κ3) is 4.48. The van der Waals surface area contributed by atoms with Crippen LogP contribution in [0.3, 0.4) is 0 Å². The molecule has 1 heterocycles. The SMILES string of the molecule is O=C(C=Cc1ccc(OC(=O)c2cccnc2)cc1)c1ccccc1. The molecule has 1 aromatic heterocycles. The molecule has 122 valence electrons. The van der Waals surface area contributed by atoms with Crippen LogP contribution in [0, 0.1) is 0 Å². The van der Waals surface area contributed by atoms with Gasteiger partial charge in [-0.3, -0.25) is 9.78 Å². The lowest BCUT2D eigenvalue weighted by Crippen LogP contribution is -2.08. The minimum absolute atomic E-state index is 0.0623. The number of carbonyl (C=O) groups excluding carboxylic acids is 2. The first kappa shape index (κ1) is 16.3. The molecule has 4 nitrogen and oxygen atoms in total. The summed E-state index contributed by atoms with van der Waals surface area (Å²) in [6.07, 6.45) is 6.29. The Morgan fingerprint density at radius 2 is 1.56 bits per heavy atom. The predicted octanol–water partition coefficient (Wildman–Crippen LogP) is 4.20. The van der Waals surface area contributed by atoms with Crippen LogP contribution in [-0.2, 0) is 0 Å². The third-order valence-electron chi connectivity index (χ3n) is 3.47. The molecule has 25 heavy (non-hydrogen) atoms. The number of hydrogen-bond acceptors (Lipinski definition) is 4. The van der Waals surface area contributed by atoms with Gasteiger partial charge in [-0.25, -0.2) is 4.79 Å². The molecule has 2 aromatic carbocycles. The van der Waals surface area contributed by atoms with Gasteiger partial charge in [0.1, 0.15) is 5.75 Å². The van der Waals surface area contributed by atoms with E-state index in [1.165, 1.54) is 12.3 Å². The van der Waals surface area contributed by atoms with E-state index in [0.29, 0.717) is 16.9 Å². The summed E-state index contributed by atoms with van der Waals surface area (Å²) in [6.45, 7) is 0. The van der Waals surface area contributed by atoms with Gasteiger partial charge in [0, 0.05) is 18.0 Å². The van der Waals surface area contributed by atoms with Gasteiger partial charge in [0.15, 0.2) is 5.78 Å². The van der Waals surface area contributed by atoms with Gasteiger partial charge in [0.25, 0.3) is 0 Å². The number of carbonyl (C=O) groups is 2. The molecule has 0 N–H and O–H groups in total. The zero-order valence-corrected chi connectivity index (χ0v) is 13.3. The van der Waals surface area contributed by atoms with Crippen molar-refractivity contribution < 1.29 is 14.3 Å². The van der Waals surface area contributed by atoms with Gasteiger partial charge in [-0.1, -0.05) is 48.5 Å². The summed E-state index contributed by atoms with van der Waals surface area (Å²) in [7, 11) is 0. The van der Waals surface area contributed by atoms with E-state index in [0.717, 1.165) is 5.56 Å². The van der Waals surface area contributed by atoms with E-state index in [9.17, 15) is 9.59 Å². The molecule has 0 aliphatic rings. The van der Waals surface area contributed by atoms with Gasteiger partial charge in [-0.2, -0.15) is 0 Å². The van der Waals surface area contributed by atoms with Gasteiger partial charge in [0.2, 0.25) is 0 Å². The molecular weight excluding hydrogens is 314 g/mol. The minimum Gasteiger partial charge on any atom is -0.423 e. The van der Waals surface area contributed by atoms with Crippen LogP contribution >= 0.6 is 0 Å². The number of rotatable bonds is 5. The summed E-state index contributed by atoms with van der Waals surface area (Å²) in [6, 6.07) is 19.3. The van der Waals surface area contributed by atoms with Crippen LogP contribution in [-0.4, -0.2) is 16.7 Å². The molecule has 0 unspecified atom stereocenters. The Bertz CT molecular complexity index is 885. The lowest BCUT2D eigenvalue weighted by Gasteiger charge is -2.04. The van der Waals surface area contributed by atoms with E-state index in [4.69, 9.17) is 4.74 Å². The van der Waals surface area contributed by atoms with Gasteiger partial charge < -0.3 is 4.74 Å². The number of nitrogens with zero attached hydrogens (tertiary/aromatic N) is 1. The second-order valence-corrected chi connectivity index (χ2v) is 5.26. The molecule has 4 heteroatoms. The Labute approximate surface area is 145 Å². The summed E-state index contributed by atoms with van der Waals surface area (Å²) < 4.78 is 5.28. The highest BCUT2D eigenvalue weighted by molar-refractivity contribution is 6.06. The maximum absolute atomic E-state index is 12.0. The number of allylic oxidation sites excluding steroid dienone is 1. The zero-order chi connectivity index (χ0) is 17.5. The van der Waals surface area contributed by atoms with Crippen molar-refractivity contribution in [3.05, 3.63) is 102 Å². The maximum atomic E-state index is 12.0. The molecule has 3 aromatic rings. The van der Waals surface area contributed by atoms with Crippen molar-refractivity contribution in [2.24, 2.45) is 0 Å². The summed E-state index contributed by atoms with van der Waals surface area (Å²) in [4.78, 5) is 27.9. The Balaban J connectivity index is 1.63. The van der Waals surface area contributed by atoms with Crippen molar-refractivity contribution in [1.29, 1.82) is 0 Å². The molecule has 0 saturated heterocycles. The molecule has 0 aliphatic carbocycles. The number of benzene rings is 2. The Hall–Kier alpha value is -3.53. The molecule has 0 atom stereocenters. The standard InChI is InChI=1S/C21H15NO3/c23-20(17-5-2-1-3-6-17)13-10-16-8-11-19(12-9-16)25-21(24)18-7-4-14-22-15-18/h1-15H. The quantitative estimate of drug-likeness (QED) is 0.305. The molecular formula is C21H15NO3. The van der Waals surface area contributed by atoms with E-state index < -0.39 is 5.97 Å². The number of ether oxygens (including phenoxy) is 1. The van der Waals surface area contributed by atoms with Crippen LogP contribution < -0.4 is 4.74 Å². The first-order valence-corrected chi connectivity index (χ1v) is 7.72. The summed E-state index contributed by atoms with van der Waals surface area (Å²) in [5, 5.41) is 0. The monoisotopic (exact) mass is 329 g/mol. The van der Waals surface area contributed by atoms with Crippen molar-refractivity contribution in [3.8, 4) is 5.75 Å². The number of esters is 1. The second-order valence-electron chi connectivity index (χ2n) is 5.26. The number of hydrogen-bond donors (Lipinski definition) is 0. The molecule has 0 radical (unpaired) electrons. The summed E-state index contributed by atoms with van der Waals surface area (Å²) >= 11 is 0. The Kier molecular flexibility index (Phi) is 5.12. The fourth-order valence-corrected chi connectivity index (χ4v) is 2.17. The van der Waals surface area contributed by atoms with Crippen molar-refractivity contribution in [2.45, 2.75) is 0 Å². The van der Waals surface area contributed by atoms with Crippen molar-refractivity contribution in [3.63, 3.8) is 0 Å². The van der Waals surface area contributed by atoms with Gasteiger partial charge in [0.05, 0.1) is 5.56 Å². The highest BCUT2D eigenvalue weighted by Crippen LogP contribution is 2.15. The molecule has 3 rings (SSSR count). The first-order chi connectivity index (χ1) is 12.2. The topological polar surface area (TPSA) is 56.3 Å². The number of aromatic nitrogens is 1. The average molecular weight is 329 g/mol. The normalized spacial score (nSPS) is 10.6. The Morgan fingerprint density at radius 3 is 2.24 bits per heavy atom. The maximum Gasteiger partial charge on any atom is 0.345 e. The van der Waals surface area contributed by atoms with Gasteiger partial charge in [-0.15, -0.1) is 0 Å². The fraction of sp³-hybridized carbons (Fsp3) is 0. The summed E-state index contributed by atoms with van der Waals surface area (Å²) in [5.41, 5.74) is 1.87. The van der Waals surface area contributed by atoms with Crippen LogP contribution in [0.25, 0.3) is 6.08 Å². The van der Waals surface area contributed by atoms with Crippen LogP contribution in [0.4, 0.5) is 0 Å². The zero-order valence-electron chi connectivity index (χ0n) is 13.3. The van der Waals surface area contributed by atoms with E-state index in [1.54, 1.807) is 60.8 Å². The molecule has 0 spiro atoms. The lowest BCUT2D eigenvalue weighted by molar-refractivity contribution is 0.0734. The van der Waals surface area contributed by atoms with Crippen LogP contribution in [0.1, 0.15) is 26.3 Å². The van der Waals surface area contributed by atoms with Crippen LogP contribution in [0.15, 0.2) is 85.2 Å².